The Kier molecular flexibility index (Phi) is 4.25. The Balaban J connectivity index is 2.16. The van der Waals surface area contributed by atoms with E-state index < -0.39 is 5.54 Å². The zero-order valence-corrected chi connectivity index (χ0v) is 12.6. The Bertz CT molecular complexity index is 539. The van der Waals surface area contributed by atoms with Crippen molar-refractivity contribution in [1.29, 1.82) is 0 Å². The quantitative estimate of drug-likeness (QED) is 0.668. The summed E-state index contributed by atoms with van der Waals surface area (Å²) in [4.78, 5) is 25.7. The van der Waals surface area contributed by atoms with Gasteiger partial charge in [0.05, 0.1) is 6.61 Å². The number of carbonyl (C=O) groups excluding carboxylic acids is 2. The van der Waals surface area contributed by atoms with E-state index in [1.54, 1.807) is 14.0 Å². The molecule has 1 unspecified atom stereocenters. The van der Waals surface area contributed by atoms with Crippen LogP contribution < -0.4 is 5.32 Å². The zero-order chi connectivity index (χ0) is 14.8. The first kappa shape index (κ1) is 14.7. The number of nitrogens with zero attached hydrogens (tertiary/aromatic N) is 1. The highest BCUT2D eigenvalue weighted by atomic mass is 32.1. The van der Waals surface area contributed by atoms with Crippen LogP contribution >= 0.6 is 11.3 Å². The fourth-order valence-electron chi connectivity index (χ4n) is 2.14. The topological polar surface area (TPSA) is 58.6 Å². The molecule has 0 aliphatic carbocycles. The summed E-state index contributed by atoms with van der Waals surface area (Å²) in [6.07, 6.45) is 1.83. The second-order valence-electron chi connectivity index (χ2n) is 4.97. The Labute approximate surface area is 122 Å². The molecule has 1 N–H and O–H groups in total. The van der Waals surface area contributed by atoms with Crippen LogP contribution in [-0.4, -0.2) is 37.1 Å². The zero-order valence-electron chi connectivity index (χ0n) is 11.8. The SMILES string of the molecule is COC/C(C)=C/CN1C(=O)NC(C)(c2ccsc2)C1=O. The van der Waals surface area contributed by atoms with Crippen LogP contribution in [0.25, 0.3) is 0 Å². The van der Waals surface area contributed by atoms with Crippen LogP contribution in [0.5, 0.6) is 0 Å². The molecule has 1 aromatic heterocycles. The molecule has 2 heterocycles. The largest absolute Gasteiger partial charge is 0.380 e. The molecule has 0 aromatic carbocycles. The van der Waals surface area contributed by atoms with Crippen molar-refractivity contribution in [2.45, 2.75) is 19.4 Å². The van der Waals surface area contributed by atoms with Gasteiger partial charge < -0.3 is 10.1 Å². The number of amides is 3. The molecule has 20 heavy (non-hydrogen) atoms. The molecular weight excluding hydrogens is 276 g/mol. The number of hydrogen-bond acceptors (Lipinski definition) is 4. The minimum Gasteiger partial charge on any atom is -0.380 e. The van der Waals surface area contributed by atoms with Crippen molar-refractivity contribution in [1.82, 2.24) is 10.2 Å². The standard InChI is InChI=1S/C14H18N2O3S/c1-10(8-19-3)4-6-16-12(17)14(2,15-13(16)18)11-5-7-20-9-11/h4-5,7,9H,6,8H2,1-3H3,(H,15,18)/b10-4+. The van der Waals surface area contributed by atoms with E-state index in [9.17, 15) is 9.59 Å². The van der Waals surface area contributed by atoms with Crippen molar-refractivity contribution in [3.05, 3.63) is 34.0 Å². The molecule has 0 saturated carbocycles. The van der Waals surface area contributed by atoms with Crippen molar-refractivity contribution >= 4 is 23.3 Å². The van der Waals surface area contributed by atoms with E-state index in [4.69, 9.17) is 4.74 Å². The Morgan fingerprint density at radius 1 is 1.55 bits per heavy atom. The first-order chi connectivity index (χ1) is 9.49. The summed E-state index contributed by atoms with van der Waals surface area (Å²) >= 11 is 1.50. The van der Waals surface area contributed by atoms with Crippen LogP contribution in [0.3, 0.4) is 0 Å². The highest BCUT2D eigenvalue weighted by molar-refractivity contribution is 7.08. The lowest BCUT2D eigenvalue weighted by Crippen LogP contribution is -2.40. The predicted molar refractivity (Wildman–Crippen MR) is 77.5 cm³/mol. The van der Waals surface area contributed by atoms with E-state index >= 15 is 0 Å². The van der Waals surface area contributed by atoms with E-state index in [0.717, 1.165) is 11.1 Å². The molecule has 0 spiro atoms. The molecule has 3 amide bonds. The van der Waals surface area contributed by atoms with Gasteiger partial charge in [-0.3, -0.25) is 9.69 Å². The number of methoxy groups -OCH3 is 1. The van der Waals surface area contributed by atoms with Crippen LogP contribution in [0, 0.1) is 0 Å². The summed E-state index contributed by atoms with van der Waals surface area (Å²) in [5.74, 6) is -0.220. The summed E-state index contributed by atoms with van der Waals surface area (Å²) in [6, 6.07) is 1.50. The summed E-state index contributed by atoms with van der Waals surface area (Å²) in [5, 5.41) is 6.55. The Morgan fingerprint density at radius 2 is 2.30 bits per heavy atom. The number of ether oxygens (including phenoxy) is 1. The van der Waals surface area contributed by atoms with Gasteiger partial charge in [0.2, 0.25) is 0 Å². The fourth-order valence-corrected chi connectivity index (χ4v) is 2.91. The maximum atomic E-state index is 12.5. The average molecular weight is 294 g/mol. The van der Waals surface area contributed by atoms with E-state index in [2.05, 4.69) is 5.32 Å². The van der Waals surface area contributed by atoms with Crippen molar-refractivity contribution in [3.8, 4) is 0 Å². The second-order valence-corrected chi connectivity index (χ2v) is 5.75. The Hall–Kier alpha value is -1.66. The lowest BCUT2D eigenvalue weighted by Gasteiger charge is -2.20. The number of thiophene rings is 1. The third-order valence-electron chi connectivity index (χ3n) is 3.37. The molecule has 108 valence electrons. The lowest BCUT2D eigenvalue weighted by atomic mass is 9.95. The van der Waals surface area contributed by atoms with Gasteiger partial charge in [0.25, 0.3) is 5.91 Å². The molecule has 5 nitrogen and oxygen atoms in total. The van der Waals surface area contributed by atoms with Crippen LogP contribution in [0.1, 0.15) is 19.4 Å². The molecule has 1 aromatic rings. The van der Waals surface area contributed by atoms with Crippen molar-refractivity contribution in [3.63, 3.8) is 0 Å². The molecular formula is C14H18N2O3S. The molecule has 1 saturated heterocycles. The van der Waals surface area contributed by atoms with E-state index in [1.165, 1.54) is 16.2 Å². The maximum Gasteiger partial charge on any atom is 0.325 e. The van der Waals surface area contributed by atoms with E-state index in [-0.39, 0.29) is 18.5 Å². The molecule has 1 fully saturated rings. The second kappa shape index (κ2) is 5.76. The number of hydrogen-bond donors (Lipinski definition) is 1. The van der Waals surface area contributed by atoms with Gasteiger partial charge in [-0.1, -0.05) is 11.6 Å². The van der Waals surface area contributed by atoms with Crippen LogP contribution in [0.15, 0.2) is 28.5 Å². The number of carbonyl (C=O) groups is 2. The van der Waals surface area contributed by atoms with Gasteiger partial charge in [-0.05, 0) is 36.2 Å². The molecule has 0 radical (unpaired) electrons. The first-order valence-corrected chi connectivity index (χ1v) is 7.24. The highest BCUT2D eigenvalue weighted by Gasteiger charge is 2.48. The summed E-state index contributed by atoms with van der Waals surface area (Å²) in [5.41, 5.74) is 0.846. The van der Waals surface area contributed by atoms with E-state index in [0.29, 0.717) is 6.61 Å². The molecule has 6 heteroatoms. The lowest BCUT2D eigenvalue weighted by molar-refractivity contribution is -0.130. The minimum atomic E-state index is -0.958. The molecule has 0 bridgehead atoms. The van der Waals surface area contributed by atoms with Crippen LogP contribution in [0.4, 0.5) is 4.79 Å². The van der Waals surface area contributed by atoms with Gasteiger partial charge in [-0.25, -0.2) is 4.79 Å². The smallest absolute Gasteiger partial charge is 0.325 e. The normalized spacial score (nSPS) is 23.4. The number of urea groups is 1. The summed E-state index contributed by atoms with van der Waals surface area (Å²) in [6.45, 7) is 4.39. The first-order valence-electron chi connectivity index (χ1n) is 6.30. The van der Waals surface area contributed by atoms with Gasteiger partial charge >= 0.3 is 6.03 Å². The minimum absolute atomic E-state index is 0.220. The number of nitrogens with one attached hydrogen (secondary N) is 1. The summed E-state index contributed by atoms with van der Waals surface area (Å²) < 4.78 is 5.00. The average Bonchev–Trinajstić information content (AvgIpc) is 2.98. The van der Waals surface area contributed by atoms with Gasteiger partial charge in [0.15, 0.2) is 0 Å². The van der Waals surface area contributed by atoms with Gasteiger partial charge in [0.1, 0.15) is 5.54 Å². The Morgan fingerprint density at radius 3 is 2.90 bits per heavy atom. The van der Waals surface area contributed by atoms with Crippen molar-refractivity contribution in [2.75, 3.05) is 20.3 Å². The maximum absolute atomic E-state index is 12.5. The monoisotopic (exact) mass is 294 g/mol. The van der Waals surface area contributed by atoms with Gasteiger partial charge in [0, 0.05) is 13.7 Å². The van der Waals surface area contributed by atoms with E-state index in [1.807, 2.05) is 29.8 Å². The van der Waals surface area contributed by atoms with Crippen molar-refractivity contribution < 1.29 is 14.3 Å². The van der Waals surface area contributed by atoms with Crippen molar-refractivity contribution in [2.24, 2.45) is 0 Å². The fraction of sp³-hybridized carbons (Fsp3) is 0.429. The third kappa shape index (κ3) is 2.62. The summed E-state index contributed by atoms with van der Waals surface area (Å²) in [7, 11) is 1.61. The van der Waals surface area contributed by atoms with Crippen LogP contribution in [-0.2, 0) is 15.1 Å². The molecule has 1 atom stereocenters. The highest BCUT2D eigenvalue weighted by Crippen LogP contribution is 2.30. The third-order valence-corrected chi connectivity index (χ3v) is 4.05. The van der Waals surface area contributed by atoms with Crippen LogP contribution in [0.2, 0.25) is 0 Å². The predicted octanol–water partition coefficient (Wildman–Crippen LogP) is 2.11. The number of rotatable bonds is 5. The number of imide groups is 1. The van der Waals surface area contributed by atoms with Gasteiger partial charge in [-0.15, -0.1) is 0 Å². The van der Waals surface area contributed by atoms with Gasteiger partial charge in [-0.2, -0.15) is 11.3 Å². The molecule has 1 aliphatic heterocycles. The molecule has 2 rings (SSSR count). The molecule has 1 aliphatic rings.